The van der Waals surface area contributed by atoms with E-state index in [1.807, 2.05) is 43.3 Å². The minimum absolute atomic E-state index is 0.205. The number of allylic oxidation sites excluding steroid dienone is 1. The number of pyridine rings is 2. The maximum Gasteiger partial charge on any atom is 0.316 e. The molecule has 2 heterocycles. The highest BCUT2D eigenvalue weighted by atomic mass is 16.5. The number of rotatable bonds is 4. The molecule has 0 fully saturated rings. The molecule has 0 amide bonds. The molecule has 5 heteroatoms. The van der Waals surface area contributed by atoms with Crippen molar-refractivity contribution >= 4 is 18.3 Å². The lowest BCUT2D eigenvalue weighted by Crippen LogP contribution is -2.02. The molecule has 0 bridgehead atoms. The van der Waals surface area contributed by atoms with Gasteiger partial charge in [0, 0.05) is 18.6 Å². The molecule has 0 aliphatic carbocycles. The van der Waals surface area contributed by atoms with Crippen molar-refractivity contribution in [2.24, 2.45) is 9.98 Å². The monoisotopic (exact) mass is 280 g/mol. The van der Waals surface area contributed by atoms with E-state index in [0.29, 0.717) is 6.61 Å². The van der Waals surface area contributed by atoms with Gasteiger partial charge in [-0.25, -0.2) is 9.98 Å². The summed E-state index contributed by atoms with van der Waals surface area (Å²) in [5, 5.41) is 0. The molecule has 0 spiro atoms. The van der Waals surface area contributed by atoms with Crippen LogP contribution < -0.4 is 0 Å². The van der Waals surface area contributed by atoms with Gasteiger partial charge in [-0.2, -0.15) is 0 Å². The van der Waals surface area contributed by atoms with Crippen LogP contribution in [0.4, 0.5) is 0 Å². The van der Waals surface area contributed by atoms with Gasteiger partial charge in [-0.05, 0) is 43.5 Å². The van der Waals surface area contributed by atoms with Gasteiger partial charge < -0.3 is 4.74 Å². The van der Waals surface area contributed by atoms with Gasteiger partial charge in [-0.15, -0.1) is 0 Å². The molecule has 5 nitrogen and oxygen atoms in total. The van der Waals surface area contributed by atoms with Crippen molar-refractivity contribution in [1.82, 2.24) is 9.97 Å². The lowest BCUT2D eigenvalue weighted by atomic mass is 10.2. The highest BCUT2D eigenvalue weighted by Gasteiger charge is 1.99. The first-order valence-corrected chi connectivity index (χ1v) is 6.45. The zero-order chi connectivity index (χ0) is 14.9. The van der Waals surface area contributed by atoms with Crippen molar-refractivity contribution in [3.63, 3.8) is 0 Å². The summed E-state index contributed by atoms with van der Waals surface area (Å²) in [5.41, 5.74) is 2.58. The molecule has 0 radical (unpaired) electrons. The Balaban J connectivity index is 2.02. The van der Waals surface area contributed by atoms with Gasteiger partial charge in [0.25, 0.3) is 0 Å². The highest BCUT2D eigenvalue weighted by Crippen LogP contribution is 2.09. The van der Waals surface area contributed by atoms with Crippen LogP contribution in [-0.4, -0.2) is 22.7 Å². The Morgan fingerprint density at radius 3 is 2.57 bits per heavy atom. The Kier molecular flexibility index (Phi) is 5.34. The third-order valence-corrected chi connectivity index (χ3v) is 2.65. The van der Waals surface area contributed by atoms with Gasteiger partial charge >= 0.3 is 6.02 Å². The fourth-order valence-electron chi connectivity index (χ4n) is 1.56. The minimum Gasteiger partial charge on any atom is -0.457 e. The number of ether oxygens (including phenoxy) is 1. The first-order chi connectivity index (χ1) is 10.3. The fourth-order valence-corrected chi connectivity index (χ4v) is 1.56. The minimum atomic E-state index is 0.205. The van der Waals surface area contributed by atoms with E-state index in [1.54, 1.807) is 18.6 Å². The van der Waals surface area contributed by atoms with E-state index in [0.717, 1.165) is 17.0 Å². The predicted molar refractivity (Wildman–Crippen MR) is 83.9 cm³/mol. The Morgan fingerprint density at radius 1 is 1.19 bits per heavy atom. The third-order valence-electron chi connectivity index (χ3n) is 2.65. The molecule has 0 aliphatic heterocycles. The van der Waals surface area contributed by atoms with Gasteiger partial charge in [-0.3, -0.25) is 9.97 Å². The van der Waals surface area contributed by atoms with E-state index in [-0.39, 0.29) is 6.02 Å². The van der Waals surface area contributed by atoms with E-state index in [1.165, 1.54) is 0 Å². The van der Waals surface area contributed by atoms with Gasteiger partial charge in [0.2, 0.25) is 0 Å². The van der Waals surface area contributed by atoms with Gasteiger partial charge in [-0.1, -0.05) is 12.1 Å². The quantitative estimate of drug-likeness (QED) is 0.638. The predicted octanol–water partition coefficient (Wildman–Crippen LogP) is 3.11. The Labute approximate surface area is 123 Å². The molecular weight excluding hydrogens is 264 g/mol. The highest BCUT2D eigenvalue weighted by molar-refractivity contribution is 5.79. The summed E-state index contributed by atoms with van der Waals surface area (Å²) < 4.78 is 5.46. The lowest BCUT2D eigenvalue weighted by Gasteiger charge is -2.03. The van der Waals surface area contributed by atoms with Gasteiger partial charge in [0.1, 0.15) is 6.61 Å². The van der Waals surface area contributed by atoms with Crippen LogP contribution >= 0.6 is 0 Å². The molecule has 0 unspecified atom stereocenters. The van der Waals surface area contributed by atoms with Crippen LogP contribution in [0.25, 0.3) is 5.57 Å². The SMILES string of the molecule is C=NC(=N/C=C(\C)c1ccccn1)OCc1ccccn1. The van der Waals surface area contributed by atoms with Crippen LogP contribution in [-0.2, 0) is 11.3 Å². The molecule has 0 aliphatic rings. The average Bonchev–Trinajstić information content (AvgIpc) is 2.56. The number of hydrogen-bond acceptors (Lipinski definition) is 4. The van der Waals surface area contributed by atoms with E-state index in [2.05, 4.69) is 26.7 Å². The summed E-state index contributed by atoms with van der Waals surface area (Å²) in [7, 11) is 0. The van der Waals surface area contributed by atoms with E-state index in [9.17, 15) is 0 Å². The molecule has 2 aromatic heterocycles. The summed E-state index contributed by atoms with van der Waals surface area (Å²) in [6.45, 7) is 5.68. The lowest BCUT2D eigenvalue weighted by molar-refractivity contribution is 0.283. The standard InChI is InChI=1S/C16H16N4O/c1-13(15-8-4-6-10-19-15)11-20-16(17-2)21-12-14-7-3-5-9-18-14/h3-11H,2,12H2,1H3/b13-11+,20-16?. The maximum absolute atomic E-state index is 5.46. The summed E-state index contributed by atoms with van der Waals surface area (Å²) in [4.78, 5) is 16.3. The molecular formula is C16H16N4O. The van der Waals surface area contributed by atoms with Crippen LogP contribution in [0.2, 0.25) is 0 Å². The van der Waals surface area contributed by atoms with Crippen molar-refractivity contribution in [3.05, 3.63) is 66.4 Å². The van der Waals surface area contributed by atoms with Crippen LogP contribution in [0.5, 0.6) is 0 Å². The summed E-state index contributed by atoms with van der Waals surface area (Å²) >= 11 is 0. The number of nitrogens with zero attached hydrogens (tertiary/aromatic N) is 4. The van der Waals surface area contributed by atoms with E-state index >= 15 is 0 Å². The number of amidine groups is 1. The van der Waals surface area contributed by atoms with Crippen molar-refractivity contribution < 1.29 is 4.74 Å². The topological polar surface area (TPSA) is 59.7 Å². The second kappa shape index (κ2) is 7.69. The fraction of sp³-hybridized carbons (Fsp3) is 0.125. The van der Waals surface area contributed by atoms with Gasteiger partial charge in [0.15, 0.2) is 0 Å². The molecule has 0 atom stereocenters. The van der Waals surface area contributed by atoms with Gasteiger partial charge in [0.05, 0.1) is 11.4 Å². The number of hydrogen-bond donors (Lipinski definition) is 0. The molecule has 0 aromatic carbocycles. The second-order valence-corrected chi connectivity index (χ2v) is 4.21. The van der Waals surface area contributed by atoms with E-state index < -0.39 is 0 Å². The van der Waals surface area contributed by atoms with Crippen molar-refractivity contribution in [2.45, 2.75) is 13.5 Å². The average molecular weight is 280 g/mol. The summed E-state index contributed by atoms with van der Waals surface area (Å²) in [6.07, 6.45) is 5.10. The smallest absolute Gasteiger partial charge is 0.316 e. The molecule has 0 saturated carbocycles. The zero-order valence-corrected chi connectivity index (χ0v) is 11.8. The largest absolute Gasteiger partial charge is 0.457 e. The maximum atomic E-state index is 5.46. The van der Waals surface area contributed by atoms with Crippen molar-refractivity contribution in [2.75, 3.05) is 0 Å². The molecule has 2 aromatic rings. The van der Waals surface area contributed by atoms with Crippen LogP contribution in [0, 0.1) is 0 Å². The number of aliphatic imine (C=N–C) groups is 2. The first kappa shape index (κ1) is 14.6. The first-order valence-electron chi connectivity index (χ1n) is 6.45. The summed E-state index contributed by atoms with van der Waals surface area (Å²) in [5.74, 6) is 0. The molecule has 2 rings (SSSR count). The van der Waals surface area contributed by atoms with Crippen LogP contribution in [0.3, 0.4) is 0 Å². The van der Waals surface area contributed by atoms with Crippen LogP contribution in [0.1, 0.15) is 18.3 Å². The van der Waals surface area contributed by atoms with Crippen molar-refractivity contribution in [3.8, 4) is 0 Å². The Hall–Kier alpha value is -2.82. The Bertz CT molecular complexity index is 636. The number of aromatic nitrogens is 2. The van der Waals surface area contributed by atoms with Crippen LogP contribution in [0.15, 0.2) is 65.0 Å². The Morgan fingerprint density at radius 2 is 1.95 bits per heavy atom. The zero-order valence-electron chi connectivity index (χ0n) is 11.8. The molecule has 0 saturated heterocycles. The summed E-state index contributed by atoms with van der Waals surface area (Å²) in [6, 6.07) is 11.5. The normalized spacial score (nSPS) is 12.0. The molecule has 106 valence electrons. The molecule has 21 heavy (non-hydrogen) atoms. The van der Waals surface area contributed by atoms with E-state index in [4.69, 9.17) is 4.74 Å². The molecule has 0 N–H and O–H groups in total. The third kappa shape index (κ3) is 4.65. The second-order valence-electron chi connectivity index (χ2n) is 4.21. The van der Waals surface area contributed by atoms with Crippen molar-refractivity contribution in [1.29, 1.82) is 0 Å².